The Hall–Kier alpha value is -6.38. The average Bonchev–Trinajstić information content (AvgIpc) is 3.61. The maximum Gasteiger partial charge on any atom is 0.0626 e. The van der Waals surface area contributed by atoms with Gasteiger partial charge in [0.25, 0.3) is 0 Å². The molecule has 5 aromatic carbocycles. The minimum absolute atomic E-state index is 0.305. The fourth-order valence-electron chi connectivity index (χ4n) is 9.38. The summed E-state index contributed by atoms with van der Waals surface area (Å²) < 4.78 is 0. The van der Waals surface area contributed by atoms with Crippen LogP contribution in [0.5, 0.6) is 0 Å². The molecule has 4 aliphatic carbocycles. The lowest BCUT2D eigenvalue weighted by atomic mass is 9.89. The van der Waals surface area contributed by atoms with Gasteiger partial charge >= 0.3 is 0 Å². The molecule has 2 heteroatoms. The monoisotopic (exact) mass is 736 g/mol. The van der Waals surface area contributed by atoms with Gasteiger partial charge in [0.15, 0.2) is 0 Å². The second-order valence-corrected chi connectivity index (χ2v) is 16.1. The van der Waals surface area contributed by atoms with Crippen LogP contribution in [0.3, 0.4) is 0 Å². The van der Waals surface area contributed by atoms with Gasteiger partial charge in [0.1, 0.15) is 0 Å². The molecule has 0 spiro atoms. The van der Waals surface area contributed by atoms with E-state index in [1.54, 1.807) is 0 Å². The number of rotatable bonds is 8. The Morgan fingerprint density at radius 2 is 1.35 bits per heavy atom. The van der Waals surface area contributed by atoms with Gasteiger partial charge in [0.2, 0.25) is 0 Å². The molecule has 5 aliphatic rings. The molecule has 5 aromatic rings. The van der Waals surface area contributed by atoms with E-state index in [9.17, 15) is 0 Å². The van der Waals surface area contributed by atoms with Crippen molar-refractivity contribution in [1.29, 1.82) is 0 Å². The Balaban J connectivity index is 0.950. The van der Waals surface area contributed by atoms with Crippen LogP contribution < -0.4 is 9.80 Å². The van der Waals surface area contributed by atoms with Crippen molar-refractivity contribution in [3.63, 3.8) is 0 Å². The Labute approximate surface area is 338 Å². The van der Waals surface area contributed by atoms with Crippen LogP contribution in [-0.2, 0) is 0 Å². The SMILES string of the molecule is CC1C=C(c2cccc(N(c3ccc(C4=CC=C(N5c6ccc(-c7ccccc7)cc6C6C=CC=CC65)CC4)cc3)c3ccc(C4C=CC=CC4)cc3)c2)C=CC1. The van der Waals surface area contributed by atoms with Gasteiger partial charge in [0.05, 0.1) is 6.04 Å². The minimum Gasteiger partial charge on any atom is -0.337 e. The van der Waals surface area contributed by atoms with E-state index in [0.29, 0.717) is 23.8 Å². The normalized spacial score (nSPS) is 21.8. The highest BCUT2D eigenvalue weighted by Gasteiger charge is 2.38. The molecule has 1 heterocycles. The highest BCUT2D eigenvalue weighted by Crippen LogP contribution is 2.49. The van der Waals surface area contributed by atoms with Gasteiger partial charge in [-0.15, -0.1) is 0 Å². The lowest BCUT2D eigenvalue weighted by molar-refractivity contribution is 0.703. The molecule has 0 N–H and O–H groups in total. The molecule has 0 aromatic heterocycles. The number of hydrogen-bond acceptors (Lipinski definition) is 2. The predicted octanol–water partition coefficient (Wildman–Crippen LogP) is 14.6. The van der Waals surface area contributed by atoms with E-state index in [4.69, 9.17) is 0 Å². The smallest absolute Gasteiger partial charge is 0.0626 e. The van der Waals surface area contributed by atoms with Crippen molar-refractivity contribution >= 4 is 33.9 Å². The Kier molecular flexibility index (Phi) is 9.40. The van der Waals surface area contributed by atoms with E-state index in [-0.39, 0.29) is 0 Å². The first-order valence-corrected chi connectivity index (χ1v) is 20.7. The summed E-state index contributed by atoms with van der Waals surface area (Å²) in [6, 6.07) is 45.6. The molecule has 0 saturated heterocycles. The third kappa shape index (κ3) is 6.91. The van der Waals surface area contributed by atoms with E-state index < -0.39 is 0 Å². The minimum atomic E-state index is 0.305. The highest BCUT2D eigenvalue weighted by atomic mass is 15.2. The number of fused-ring (bicyclic) bond motifs is 3. The number of benzene rings is 5. The summed E-state index contributed by atoms with van der Waals surface area (Å²) in [7, 11) is 0. The average molecular weight is 737 g/mol. The predicted molar refractivity (Wildman–Crippen MR) is 242 cm³/mol. The first kappa shape index (κ1) is 35.1. The summed E-state index contributed by atoms with van der Waals surface area (Å²) in [6.07, 6.45) is 34.0. The topological polar surface area (TPSA) is 6.48 Å². The van der Waals surface area contributed by atoms with Crippen LogP contribution in [0, 0.1) is 5.92 Å². The molecule has 1 aliphatic heterocycles. The maximum absolute atomic E-state index is 2.60. The maximum atomic E-state index is 2.60. The van der Waals surface area contributed by atoms with Crippen LogP contribution in [0.1, 0.15) is 66.7 Å². The lowest BCUT2D eigenvalue weighted by Crippen LogP contribution is -2.32. The van der Waals surface area contributed by atoms with Crippen molar-refractivity contribution in [3.8, 4) is 11.1 Å². The van der Waals surface area contributed by atoms with Crippen LogP contribution >= 0.6 is 0 Å². The molecule has 0 radical (unpaired) electrons. The summed E-state index contributed by atoms with van der Waals surface area (Å²) in [6.45, 7) is 2.30. The second kappa shape index (κ2) is 15.3. The summed E-state index contributed by atoms with van der Waals surface area (Å²) in [5.41, 5.74) is 16.8. The third-order valence-electron chi connectivity index (χ3n) is 12.4. The molecule has 0 amide bonds. The van der Waals surface area contributed by atoms with Crippen LogP contribution in [0.15, 0.2) is 206 Å². The second-order valence-electron chi connectivity index (χ2n) is 16.1. The van der Waals surface area contributed by atoms with Gasteiger partial charge in [-0.05, 0) is 131 Å². The number of hydrogen-bond donors (Lipinski definition) is 0. The molecule has 4 atom stereocenters. The van der Waals surface area contributed by atoms with Gasteiger partial charge in [0, 0.05) is 40.3 Å². The van der Waals surface area contributed by atoms with Crippen LogP contribution in [0.25, 0.3) is 22.3 Å². The number of nitrogens with zero attached hydrogens (tertiary/aromatic N) is 2. The zero-order chi connectivity index (χ0) is 38.1. The van der Waals surface area contributed by atoms with Gasteiger partial charge in [-0.25, -0.2) is 0 Å². The van der Waals surface area contributed by atoms with Crippen molar-refractivity contribution in [3.05, 3.63) is 228 Å². The molecule has 57 heavy (non-hydrogen) atoms. The van der Waals surface area contributed by atoms with Crippen molar-refractivity contribution in [1.82, 2.24) is 0 Å². The molecule has 2 nitrogen and oxygen atoms in total. The Morgan fingerprint density at radius 3 is 2.12 bits per heavy atom. The van der Waals surface area contributed by atoms with E-state index in [2.05, 4.69) is 217 Å². The van der Waals surface area contributed by atoms with E-state index in [1.165, 1.54) is 55.9 Å². The number of allylic oxidation sites excluding steroid dienone is 14. The molecule has 0 fully saturated rings. The zero-order valence-corrected chi connectivity index (χ0v) is 32.6. The van der Waals surface area contributed by atoms with Gasteiger partial charge in [-0.1, -0.05) is 153 Å². The molecule has 4 unspecified atom stereocenters. The molecular weight excluding hydrogens is 689 g/mol. The molecule has 0 saturated carbocycles. The van der Waals surface area contributed by atoms with Crippen LogP contribution in [0.2, 0.25) is 0 Å². The third-order valence-corrected chi connectivity index (χ3v) is 12.4. The fourth-order valence-corrected chi connectivity index (χ4v) is 9.38. The first-order chi connectivity index (χ1) is 28.2. The number of anilines is 4. The molecule has 0 bridgehead atoms. The largest absolute Gasteiger partial charge is 0.337 e. The summed E-state index contributed by atoms with van der Waals surface area (Å²) in [4.78, 5) is 5.01. The van der Waals surface area contributed by atoms with E-state index in [1.807, 2.05) is 0 Å². The van der Waals surface area contributed by atoms with Crippen LogP contribution in [-0.4, -0.2) is 6.04 Å². The Bertz CT molecular complexity index is 2540. The quantitative estimate of drug-likeness (QED) is 0.156. The first-order valence-electron chi connectivity index (χ1n) is 20.7. The van der Waals surface area contributed by atoms with Crippen LogP contribution in [0.4, 0.5) is 22.7 Å². The van der Waals surface area contributed by atoms with Gasteiger partial charge in [-0.2, -0.15) is 0 Å². The standard InChI is InChI=1S/C55H48N2/c1-39-12-10-17-45(36-39)46-18-11-19-51(37-46)56(48-29-22-42(23-30-48)40-13-4-2-5-14-40)49-31-24-43(25-32-49)44-26-33-50(34-27-44)57-54-21-9-8-20-52(54)53-38-47(28-35-55(53)57)41-15-6-3-7-16-41/h2-11,13,15-26,28-33,35-40,52,54H,12,14,27,34H2,1H3. The van der Waals surface area contributed by atoms with Crippen molar-refractivity contribution in [2.75, 3.05) is 9.80 Å². The van der Waals surface area contributed by atoms with Crippen molar-refractivity contribution in [2.45, 2.75) is 50.5 Å². The lowest BCUT2D eigenvalue weighted by Gasteiger charge is -2.32. The van der Waals surface area contributed by atoms with Gasteiger partial charge in [-0.3, -0.25) is 0 Å². The Morgan fingerprint density at radius 1 is 0.579 bits per heavy atom. The fraction of sp³-hybridized carbons (Fsp3) is 0.164. The summed E-state index contributed by atoms with van der Waals surface area (Å²) in [5, 5.41) is 0. The van der Waals surface area contributed by atoms with Gasteiger partial charge < -0.3 is 9.80 Å². The van der Waals surface area contributed by atoms with E-state index >= 15 is 0 Å². The molecule has 10 rings (SSSR count). The van der Waals surface area contributed by atoms with E-state index in [0.717, 1.165) is 42.7 Å². The van der Waals surface area contributed by atoms with Crippen molar-refractivity contribution < 1.29 is 0 Å². The zero-order valence-electron chi connectivity index (χ0n) is 32.6. The van der Waals surface area contributed by atoms with Crippen molar-refractivity contribution in [2.24, 2.45) is 5.92 Å². The highest BCUT2D eigenvalue weighted by molar-refractivity contribution is 5.83. The molecular formula is C55H48N2. The summed E-state index contributed by atoms with van der Waals surface area (Å²) in [5.74, 6) is 1.33. The summed E-state index contributed by atoms with van der Waals surface area (Å²) >= 11 is 0. The molecule has 278 valence electrons.